The van der Waals surface area contributed by atoms with E-state index in [9.17, 15) is 32.3 Å². The van der Waals surface area contributed by atoms with Gasteiger partial charge in [0.25, 0.3) is 5.56 Å². The van der Waals surface area contributed by atoms with Gasteiger partial charge >= 0.3 is 12.1 Å². The monoisotopic (exact) mass is 850 g/mol. The Hall–Kier alpha value is -5.56. The molecule has 1 saturated carbocycles. The van der Waals surface area contributed by atoms with Crippen molar-refractivity contribution in [3.63, 3.8) is 0 Å². The minimum atomic E-state index is -5.08. The number of piperazine rings is 1. The number of allylic oxidation sites excluding steroid dienone is 1. The Morgan fingerprint density at radius 3 is 2.07 bits per heavy atom. The predicted octanol–water partition coefficient (Wildman–Crippen LogP) is 2.93. The molecule has 61 heavy (non-hydrogen) atoms. The third kappa shape index (κ3) is 10.3. The minimum Gasteiger partial charge on any atom is -0.475 e. The molecule has 4 saturated heterocycles. The SMILES string of the molecule is CCCCNc1ncc2c3ccc(CN4CCN(C)CC4)cc3c(=O)n([C@H]3CC[C@H](C(N)=O)CC3)c2n1.O=C(O)C(F)(F)F.O=C1C=C(N2CC2)C(=O)C(N2CC2)=C1N1CC1. The molecule has 1 aromatic carbocycles. The van der Waals surface area contributed by atoms with Crippen LogP contribution >= 0.6 is 0 Å². The van der Waals surface area contributed by atoms with Crippen molar-refractivity contribution >= 4 is 51.2 Å². The zero-order chi connectivity index (χ0) is 43.6. The van der Waals surface area contributed by atoms with Gasteiger partial charge in [-0.15, -0.1) is 0 Å². The van der Waals surface area contributed by atoms with Gasteiger partial charge in [0.15, 0.2) is 0 Å². The Kier molecular flexibility index (Phi) is 13.0. The standard InChI is InChI=1S/C28H39N7O2.C12H13N3O2.C2HF3O2/c1-3-4-11-30-28-31-17-24-22-10-5-19(18-34-14-12-33(2)13-15-34)16-23(22)27(37)35(26(24)32-28)21-8-6-20(7-9-21)25(29)36;16-9-7-8(13-1-2-13)12(17)11(15-5-6-15)10(9)14-3-4-14;3-2(4,5)1(6)7/h5,10,16-17,20-21H,3-4,6-9,11-15,18H2,1-2H3,(H2,29,36)(H,30,31,32);7H,1-6H2;(H,6,7)/t20-,21-;;. The van der Waals surface area contributed by atoms with Crippen molar-refractivity contribution in [2.75, 3.05) is 84.4 Å². The highest BCUT2D eigenvalue weighted by molar-refractivity contribution is 6.22. The summed E-state index contributed by atoms with van der Waals surface area (Å²) >= 11 is 0. The molecular formula is C42H53F3N10O6. The molecule has 328 valence electrons. The van der Waals surface area contributed by atoms with E-state index in [-0.39, 0.29) is 35.0 Å². The number of halogens is 3. The van der Waals surface area contributed by atoms with Crippen LogP contribution in [0.15, 0.2) is 52.4 Å². The average Bonchev–Trinajstić information content (AvgIpc) is 4.06. The molecule has 0 bridgehead atoms. The Morgan fingerprint density at radius 2 is 1.49 bits per heavy atom. The zero-order valence-corrected chi connectivity index (χ0v) is 34.5. The molecule has 2 aliphatic carbocycles. The lowest BCUT2D eigenvalue weighted by Gasteiger charge is -2.32. The maximum absolute atomic E-state index is 14.1. The normalized spacial score (nSPS) is 21.7. The lowest BCUT2D eigenvalue weighted by atomic mass is 9.85. The number of likely N-dealkylation sites (N-methyl/N-ethyl adjacent to an activating group) is 1. The van der Waals surface area contributed by atoms with Crippen LogP contribution in [0.3, 0.4) is 0 Å². The number of carbonyl (C=O) groups is 4. The fourth-order valence-electron chi connectivity index (χ4n) is 8.03. The number of aromatic nitrogens is 3. The van der Waals surface area contributed by atoms with Crippen LogP contribution in [0.25, 0.3) is 21.8 Å². The number of nitrogens with two attached hydrogens (primary N) is 1. The van der Waals surface area contributed by atoms with Crippen molar-refractivity contribution < 1.29 is 37.5 Å². The lowest BCUT2D eigenvalue weighted by Crippen LogP contribution is -2.43. The van der Waals surface area contributed by atoms with E-state index in [1.807, 2.05) is 25.5 Å². The highest BCUT2D eigenvalue weighted by Gasteiger charge is 2.43. The third-order valence-electron chi connectivity index (χ3n) is 11.8. The largest absolute Gasteiger partial charge is 0.490 e. The second-order valence-electron chi connectivity index (χ2n) is 16.4. The van der Waals surface area contributed by atoms with Crippen molar-refractivity contribution in [1.29, 1.82) is 0 Å². The maximum atomic E-state index is 14.1. The summed E-state index contributed by atoms with van der Waals surface area (Å²) in [5.41, 5.74) is 9.27. The lowest BCUT2D eigenvalue weighted by molar-refractivity contribution is -0.192. The summed E-state index contributed by atoms with van der Waals surface area (Å²) in [7, 11) is 2.16. The predicted molar refractivity (Wildman–Crippen MR) is 221 cm³/mol. The van der Waals surface area contributed by atoms with Gasteiger partial charge in [-0.3, -0.25) is 28.6 Å². The van der Waals surface area contributed by atoms with Gasteiger partial charge in [-0.1, -0.05) is 25.5 Å². The van der Waals surface area contributed by atoms with Crippen LogP contribution in [0.5, 0.6) is 0 Å². The van der Waals surface area contributed by atoms with Crippen LogP contribution in [0, 0.1) is 5.92 Å². The number of unbranched alkanes of at least 4 members (excludes halogenated alkanes) is 1. The van der Waals surface area contributed by atoms with Gasteiger partial charge in [0.1, 0.15) is 17.0 Å². The van der Waals surface area contributed by atoms with Gasteiger partial charge < -0.3 is 35.8 Å². The van der Waals surface area contributed by atoms with Gasteiger partial charge in [0, 0.05) is 114 Å². The molecule has 4 N–H and O–H groups in total. The van der Waals surface area contributed by atoms with Crippen molar-refractivity contribution in [2.24, 2.45) is 11.7 Å². The van der Waals surface area contributed by atoms with Crippen LogP contribution in [0.2, 0.25) is 0 Å². The molecule has 0 spiro atoms. The number of fused-ring (bicyclic) bond motifs is 3. The number of amides is 1. The number of aliphatic carboxylic acids is 1. The van der Waals surface area contributed by atoms with E-state index in [1.54, 1.807) is 0 Å². The van der Waals surface area contributed by atoms with Gasteiger partial charge in [-0.05, 0) is 56.2 Å². The smallest absolute Gasteiger partial charge is 0.475 e. The number of nitrogens with zero attached hydrogens (tertiary/aromatic N) is 8. The molecule has 19 heteroatoms. The number of hydrogen-bond donors (Lipinski definition) is 3. The van der Waals surface area contributed by atoms with E-state index in [1.165, 1.54) is 6.08 Å². The second kappa shape index (κ2) is 18.2. The van der Waals surface area contributed by atoms with E-state index in [4.69, 9.17) is 20.6 Å². The zero-order valence-electron chi connectivity index (χ0n) is 34.5. The van der Waals surface area contributed by atoms with Crippen LogP contribution in [0.4, 0.5) is 19.1 Å². The minimum absolute atomic E-state index is 0.00546. The number of rotatable bonds is 11. The Labute approximate surface area is 350 Å². The van der Waals surface area contributed by atoms with Crippen molar-refractivity contribution in [1.82, 2.24) is 39.0 Å². The summed E-state index contributed by atoms with van der Waals surface area (Å²) in [6, 6.07) is 6.24. The third-order valence-corrected chi connectivity index (χ3v) is 11.8. The molecule has 9 rings (SSSR count). The number of Topliss-reactive ketones (excluding diaryl/α,β-unsaturated/α-hetero) is 1. The van der Waals surface area contributed by atoms with E-state index in [0.717, 1.165) is 121 Å². The summed E-state index contributed by atoms with van der Waals surface area (Å²) in [4.78, 5) is 79.4. The fraction of sp³-hybridized carbons (Fsp3) is 0.548. The van der Waals surface area contributed by atoms with E-state index >= 15 is 0 Å². The Morgan fingerprint density at radius 1 is 0.869 bits per heavy atom. The van der Waals surface area contributed by atoms with Crippen molar-refractivity contribution in [3.8, 4) is 0 Å². The summed E-state index contributed by atoms with van der Waals surface area (Å²) < 4.78 is 33.6. The molecule has 6 aliphatic rings. The molecule has 2 aromatic heterocycles. The molecule has 4 aliphatic heterocycles. The van der Waals surface area contributed by atoms with Gasteiger partial charge in [0.2, 0.25) is 23.4 Å². The molecule has 6 heterocycles. The van der Waals surface area contributed by atoms with Gasteiger partial charge in [0.05, 0.1) is 5.70 Å². The molecule has 16 nitrogen and oxygen atoms in total. The van der Waals surface area contributed by atoms with E-state index in [2.05, 4.69) is 52.3 Å². The number of ketones is 2. The molecular weight excluding hydrogens is 798 g/mol. The summed E-state index contributed by atoms with van der Waals surface area (Å²) in [5, 5.41) is 12.9. The van der Waals surface area contributed by atoms with Crippen LogP contribution in [-0.4, -0.2) is 153 Å². The number of anilines is 1. The number of carboxylic acid groups (broad SMARTS) is 1. The molecule has 1 amide bonds. The number of primary amides is 1. The highest BCUT2D eigenvalue weighted by Crippen LogP contribution is 2.36. The summed E-state index contributed by atoms with van der Waals surface area (Å²) in [6.45, 7) is 13.4. The van der Waals surface area contributed by atoms with E-state index in [0.29, 0.717) is 46.9 Å². The highest BCUT2D eigenvalue weighted by atomic mass is 19.4. The number of nitrogens with one attached hydrogen (secondary N) is 1. The molecule has 0 atom stereocenters. The first-order valence-corrected chi connectivity index (χ1v) is 21.0. The quantitative estimate of drug-likeness (QED) is 0.111. The first-order valence-electron chi connectivity index (χ1n) is 21.0. The fourth-order valence-corrected chi connectivity index (χ4v) is 8.03. The van der Waals surface area contributed by atoms with E-state index < -0.39 is 12.1 Å². The van der Waals surface area contributed by atoms with Crippen molar-refractivity contribution in [3.05, 3.63) is 63.5 Å². The topological polar surface area (TPSA) is 190 Å². The number of carbonyl (C=O) groups excluding carboxylic acids is 3. The molecule has 5 fully saturated rings. The van der Waals surface area contributed by atoms with Crippen LogP contribution < -0.4 is 16.6 Å². The summed E-state index contributed by atoms with van der Waals surface area (Å²) in [5.74, 6) is -2.52. The van der Waals surface area contributed by atoms with Crippen LogP contribution in [-0.2, 0) is 25.7 Å². The number of carboxylic acids is 1. The van der Waals surface area contributed by atoms with Gasteiger partial charge in [-0.25, -0.2) is 9.78 Å². The molecule has 0 unspecified atom stereocenters. The average molecular weight is 851 g/mol. The number of pyridine rings is 1. The first kappa shape index (κ1) is 43.5. The number of benzene rings is 1. The molecule has 3 aromatic rings. The Bertz CT molecular complexity index is 2300. The van der Waals surface area contributed by atoms with Gasteiger partial charge in [-0.2, -0.15) is 18.2 Å². The number of hydrogen-bond acceptors (Lipinski definition) is 13. The van der Waals surface area contributed by atoms with Crippen molar-refractivity contribution in [2.45, 2.75) is 64.2 Å². The summed E-state index contributed by atoms with van der Waals surface area (Å²) in [6.07, 6.45) is 3.26. The molecule has 0 radical (unpaired) electrons. The first-order chi connectivity index (χ1) is 29.1. The number of alkyl halides is 3. The van der Waals surface area contributed by atoms with Crippen LogP contribution in [0.1, 0.15) is 57.1 Å². The Balaban J connectivity index is 0.000000190. The second-order valence-corrected chi connectivity index (χ2v) is 16.4. The maximum Gasteiger partial charge on any atom is 0.490 e.